The van der Waals surface area contributed by atoms with Crippen molar-refractivity contribution in [3.8, 4) is 5.75 Å². The first kappa shape index (κ1) is 16.8. The minimum absolute atomic E-state index is 0.0137. The van der Waals surface area contributed by atoms with Gasteiger partial charge in [-0.15, -0.1) is 0 Å². The molecule has 1 fully saturated rings. The Hall–Kier alpha value is -1.59. The SMILES string of the molecule is Cc1ccc(OC[C@H](O)CN2CCC(C(N)=O)CC2)cc1C. The van der Waals surface area contributed by atoms with Crippen LogP contribution in [0.15, 0.2) is 18.2 Å². The Morgan fingerprint density at radius 1 is 1.36 bits per heavy atom. The maximum Gasteiger partial charge on any atom is 0.220 e. The highest BCUT2D eigenvalue weighted by molar-refractivity contribution is 5.76. The summed E-state index contributed by atoms with van der Waals surface area (Å²) in [5, 5.41) is 10.1. The summed E-state index contributed by atoms with van der Waals surface area (Å²) in [6.07, 6.45) is 1.02. The molecule has 0 unspecified atom stereocenters. The molecule has 122 valence electrons. The monoisotopic (exact) mass is 306 g/mol. The van der Waals surface area contributed by atoms with Crippen LogP contribution in [0.2, 0.25) is 0 Å². The van der Waals surface area contributed by atoms with Crippen LogP contribution >= 0.6 is 0 Å². The molecule has 0 spiro atoms. The summed E-state index contributed by atoms with van der Waals surface area (Å²) in [4.78, 5) is 13.3. The molecule has 5 nitrogen and oxygen atoms in total. The lowest BCUT2D eigenvalue weighted by Gasteiger charge is -2.31. The van der Waals surface area contributed by atoms with Crippen LogP contribution in [0.4, 0.5) is 0 Å². The van der Waals surface area contributed by atoms with Crippen LogP contribution in [0.1, 0.15) is 24.0 Å². The highest BCUT2D eigenvalue weighted by Crippen LogP contribution is 2.18. The zero-order valence-electron chi connectivity index (χ0n) is 13.4. The molecule has 2 rings (SSSR count). The van der Waals surface area contributed by atoms with Crippen LogP contribution in [-0.4, -0.2) is 48.3 Å². The molecule has 0 aliphatic carbocycles. The highest BCUT2D eigenvalue weighted by Gasteiger charge is 2.24. The van der Waals surface area contributed by atoms with Gasteiger partial charge in [0, 0.05) is 12.5 Å². The lowest BCUT2D eigenvalue weighted by molar-refractivity contribution is -0.123. The number of benzene rings is 1. The second-order valence-corrected chi connectivity index (χ2v) is 6.19. The van der Waals surface area contributed by atoms with E-state index in [1.54, 1.807) is 0 Å². The summed E-state index contributed by atoms with van der Waals surface area (Å²) < 4.78 is 5.65. The third kappa shape index (κ3) is 4.71. The van der Waals surface area contributed by atoms with Crippen LogP contribution in [0.25, 0.3) is 0 Å². The number of carbonyl (C=O) groups is 1. The van der Waals surface area contributed by atoms with Crippen molar-refractivity contribution in [1.82, 2.24) is 4.90 Å². The number of likely N-dealkylation sites (tertiary alicyclic amines) is 1. The number of nitrogens with zero attached hydrogens (tertiary/aromatic N) is 1. The first-order valence-corrected chi connectivity index (χ1v) is 7.85. The van der Waals surface area contributed by atoms with Crippen molar-refractivity contribution < 1.29 is 14.6 Å². The Bertz CT molecular complexity index is 511. The van der Waals surface area contributed by atoms with E-state index in [0.717, 1.165) is 31.7 Å². The van der Waals surface area contributed by atoms with Gasteiger partial charge in [-0.25, -0.2) is 0 Å². The van der Waals surface area contributed by atoms with Crippen molar-refractivity contribution in [3.05, 3.63) is 29.3 Å². The minimum atomic E-state index is -0.535. The lowest BCUT2D eigenvalue weighted by Crippen LogP contribution is -2.43. The predicted octanol–water partition coefficient (Wildman–Crippen LogP) is 1.24. The Morgan fingerprint density at radius 2 is 2.05 bits per heavy atom. The fourth-order valence-electron chi connectivity index (χ4n) is 2.75. The van der Waals surface area contributed by atoms with Crippen LogP contribution in [0, 0.1) is 19.8 Å². The van der Waals surface area contributed by atoms with Gasteiger partial charge >= 0.3 is 0 Å². The number of carbonyl (C=O) groups excluding carboxylic acids is 1. The summed E-state index contributed by atoms with van der Waals surface area (Å²) >= 11 is 0. The normalized spacial score (nSPS) is 18.1. The van der Waals surface area contributed by atoms with E-state index >= 15 is 0 Å². The van der Waals surface area contributed by atoms with Crippen molar-refractivity contribution in [3.63, 3.8) is 0 Å². The largest absolute Gasteiger partial charge is 0.491 e. The van der Waals surface area contributed by atoms with Gasteiger partial charge in [0.05, 0.1) is 0 Å². The second kappa shape index (κ2) is 7.61. The molecule has 1 heterocycles. The number of amides is 1. The molecule has 0 saturated carbocycles. The van der Waals surface area contributed by atoms with Gasteiger partial charge in [-0.3, -0.25) is 4.79 Å². The first-order valence-electron chi connectivity index (χ1n) is 7.85. The number of hydrogen-bond donors (Lipinski definition) is 2. The molecule has 3 N–H and O–H groups in total. The van der Waals surface area contributed by atoms with E-state index in [2.05, 4.69) is 11.8 Å². The van der Waals surface area contributed by atoms with Crippen LogP contribution in [0.5, 0.6) is 5.75 Å². The molecular formula is C17H26N2O3. The van der Waals surface area contributed by atoms with Gasteiger partial charge < -0.3 is 20.5 Å². The molecule has 1 aromatic rings. The Labute approximate surface area is 132 Å². The second-order valence-electron chi connectivity index (χ2n) is 6.19. The van der Waals surface area contributed by atoms with Crippen molar-refractivity contribution in [2.45, 2.75) is 32.8 Å². The summed E-state index contributed by atoms with van der Waals surface area (Å²) in [6.45, 7) is 6.54. The number of aliphatic hydroxyl groups excluding tert-OH is 1. The van der Waals surface area contributed by atoms with Gasteiger partial charge in [-0.05, 0) is 63.0 Å². The Balaban J connectivity index is 1.73. The van der Waals surface area contributed by atoms with Crippen LogP contribution < -0.4 is 10.5 Å². The van der Waals surface area contributed by atoms with Crippen molar-refractivity contribution >= 4 is 5.91 Å². The van der Waals surface area contributed by atoms with E-state index in [4.69, 9.17) is 10.5 Å². The highest BCUT2D eigenvalue weighted by atomic mass is 16.5. The van der Waals surface area contributed by atoms with Gasteiger partial charge in [0.1, 0.15) is 18.5 Å². The molecule has 0 radical (unpaired) electrons. The van der Waals surface area contributed by atoms with Crippen molar-refractivity contribution in [2.75, 3.05) is 26.2 Å². The number of aryl methyl sites for hydroxylation is 2. The van der Waals surface area contributed by atoms with Gasteiger partial charge in [0.25, 0.3) is 0 Å². The minimum Gasteiger partial charge on any atom is -0.491 e. The van der Waals surface area contributed by atoms with Crippen molar-refractivity contribution in [2.24, 2.45) is 11.7 Å². The third-order valence-corrected chi connectivity index (χ3v) is 4.38. The average Bonchev–Trinajstić information content (AvgIpc) is 2.49. The fourth-order valence-corrected chi connectivity index (χ4v) is 2.75. The molecule has 1 amide bonds. The van der Waals surface area contributed by atoms with E-state index < -0.39 is 6.10 Å². The van der Waals surface area contributed by atoms with E-state index in [-0.39, 0.29) is 18.4 Å². The van der Waals surface area contributed by atoms with Crippen molar-refractivity contribution in [1.29, 1.82) is 0 Å². The van der Waals surface area contributed by atoms with E-state index in [0.29, 0.717) is 6.54 Å². The molecule has 1 aliphatic heterocycles. The third-order valence-electron chi connectivity index (χ3n) is 4.38. The molecule has 22 heavy (non-hydrogen) atoms. The number of β-amino-alcohol motifs (C(OH)–C–C–N with tert-alkyl or cyclic N) is 1. The van der Waals surface area contributed by atoms with E-state index in [1.165, 1.54) is 11.1 Å². The summed E-state index contributed by atoms with van der Waals surface area (Å²) in [7, 11) is 0. The number of hydrogen-bond acceptors (Lipinski definition) is 4. The lowest BCUT2D eigenvalue weighted by atomic mass is 9.96. The zero-order valence-corrected chi connectivity index (χ0v) is 13.4. The predicted molar refractivity (Wildman–Crippen MR) is 85.8 cm³/mol. The first-order chi connectivity index (χ1) is 10.5. The molecule has 0 bridgehead atoms. The molecule has 1 aromatic carbocycles. The molecule has 5 heteroatoms. The van der Waals surface area contributed by atoms with Crippen LogP contribution in [0.3, 0.4) is 0 Å². The smallest absolute Gasteiger partial charge is 0.220 e. The van der Waals surface area contributed by atoms with Gasteiger partial charge in [0.2, 0.25) is 5.91 Å². The molecule has 0 aromatic heterocycles. The zero-order chi connectivity index (χ0) is 16.1. The standard InChI is InChI=1S/C17H26N2O3/c1-12-3-4-16(9-13(12)2)22-11-15(20)10-19-7-5-14(6-8-19)17(18)21/h3-4,9,14-15,20H,5-8,10-11H2,1-2H3,(H2,18,21)/t15-/m1/s1. The number of nitrogens with two attached hydrogens (primary N) is 1. The Morgan fingerprint density at radius 3 is 2.64 bits per heavy atom. The number of ether oxygens (including phenoxy) is 1. The van der Waals surface area contributed by atoms with Gasteiger partial charge in [-0.1, -0.05) is 6.07 Å². The Kier molecular flexibility index (Phi) is 5.80. The van der Waals surface area contributed by atoms with E-state index in [1.807, 2.05) is 25.1 Å². The number of primary amides is 1. The van der Waals surface area contributed by atoms with Gasteiger partial charge in [0.15, 0.2) is 0 Å². The van der Waals surface area contributed by atoms with Crippen LogP contribution in [-0.2, 0) is 4.79 Å². The van der Waals surface area contributed by atoms with Gasteiger partial charge in [-0.2, -0.15) is 0 Å². The molecule has 1 aliphatic rings. The quantitative estimate of drug-likeness (QED) is 0.829. The maximum atomic E-state index is 11.1. The van der Waals surface area contributed by atoms with E-state index in [9.17, 15) is 9.90 Å². The summed E-state index contributed by atoms with van der Waals surface area (Å²) in [5.41, 5.74) is 7.73. The number of piperidine rings is 1. The number of rotatable bonds is 6. The molecule has 1 atom stereocenters. The summed E-state index contributed by atoms with van der Waals surface area (Å²) in [5.74, 6) is 0.563. The average molecular weight is 306 g/mol. The maximum absolute atomic E-state index is 11.1. The molecular weight excluding hydrogens is 280 g/mol. The fraction of sp³-hybridized carbons (Fsp3) is 0.588. The topological polar surface area (TPSA) is 75.8 Å². The molecule has 1 saturated heterocycles. The number of aliphatic hydroxyl groups is 1. The summed E-state index contributed by atoms with van der Waals surface area (Å²) in [6, 6.07) is 5.93.